The molecule has 76 valence electrons. The van der Waals surface area contributed by atoms with Crippen LogP contribution in [0.2, 0.25) is 0 Å². The molecule has 0 nitrogen and oxygen atoms in total. The molecule has 16 heavy (non-hydrogen) atoms. The van der Waals surface area contributed by atoms with Crippen molar-refractivity contribution in [1.29, 1.82) is 0 Å². The summed E-state index contributed by atoms with van der Waals surface area (Å²) in [5.74, 6) is 0. The number of hydrogen-bond donors (Lipinski definition) is 0. The smallest absolute Gasteiger partial charge is 0.0105 e. The number of rotatable bonds is 3. The first-order valence-corrected chi connectivity index (χ1v) is 5.23. The van der Waals surface area contributed by atoms with Crippen LogP contribution >= 0.6 is 0 Å². The molecule has 0 heterocycles. The molecule has 0 unspecified atom stereocenters. The molecule has 2 aromatic carbocycles. The zero-order valence-electron chi connectivity index (χ0n) is 8.93. The van der Waals surface area contributed by atoms with Gasteiger partial charge < -0.3 is 0 Å². The predicted octanol–water partition coefficient (Wildman–Crippen LogP) is 3.80. The first kappa shape index (κ1) is 10.4. The van der Waals surface area contributed by atoms with Gasteiger partial charge in [-0.3, -0.25) is 0 Å². The molecule has 0 aliphatic heterocycles. The fourth-order valence-electron chi connectivity index (χ4n) is 1.34. The number of hydrogen-bond acceptors (Lipinski definition) is 0. The molecule has 0 saturated carbocycles. The molecule has 0 saturated heterocycles. The van der Waals surface area contributed by atoms with E-state index in [4.69, 9.17) is 0 Å². The summed E-state index contributed by atoms with van der Waals surface area (Å²) in [4.78, 5) is 0. The van der Waals surface area contributed by atoms with Gasteiger partial charge in [-0.2, -0.15) is 0 Å². The molecule has 0 N–H and O–H groups in total. The van der Waals surface area contributed by atoms with Crippen molar-refractivity contribution >= 4 is 0 Å². The van der Waals surface area contributed by atoms with Crippen LogP contribution in [0, 0.1) is 12.2 Å². The Labute approximate surface area is 96.6 Å². The zero-order chi connectivity index (χ0) is 11.1. The van der Waals surface area contributed by atoms with E-state index in [2.05, 4.69) is 12.2 Å². The van der Waals surface area contributed by atoms with Crippen LogP contribution in [0.15, 0.2) is 72.8 Å². The second-order valence-electron chi connectivity index (χ2n) is 3.35. The number of allylic oxidation sites excluding steroid dienone is 2. The van der Waals surface area contributed by atoms with Crippen LogP contribution in [0.1, 0.15) is 11.1 Å². The topological polar surface area (TPSA) is 0 Å². The summed E-state index contributed by atoms with van der Waals surface area (Å²) in [6.07, 6.45) is 10.1. The van der Waals surface area contributed by atoms with Gasteiger partial charge in [-0.05, 0) is 23.3 Å². The lowest BCUT2D eigenvalue weighted by atomic mass is 10.2. The van der Waals surface area contributed by atoms with Crippen molar-refractivity contribution in [3.05, 3.63) is 96.1 Å². The summed E-state index contributed by atoms with van der Waals surface area (Å²) < 4.78 is 0. The van der Waals surface area contributed by atoms with E-state index in [9.17, 15) is 0 Å². The van der Waals surface area contributed by atoms with Crippen LogP contribution in [0.4, 0.5) is 0 Å². The van der Waals surface area contributed by atoms with Crippen LogP contribution in [0.3, 0.4) is 0 Å². The quantitative estimate of drug-likeness (QED) is 0.667. The normalized spacial score (nSPS) is 11.2. The van der Waals surface area contributed by atoms with E-state index < -0.39 is 0 Å². The van der Waals surface area contributed by atoms with Gasteiger partial charge in [0, 0.05) is 0 Å². The Morgan fingerprint density at radius 1 is 0.562 bits per heavy atom. The highest BCUT2D eigenvalue weighted by molar-refractivity contribution is 5.26. The lowest BCUT2D eigenvalue weighted by Gasteiger charge is -1.89. The third kappa shape index (κ3) is 3.25. The van der Waals surface area contributed by atoms with E-state index in [1.807, 2.05) is 72.8 Å². The molecule has 0 bridgehead atoms. The average molecular weight is 204 g/mol. The van der Waals surface area contributed by atoms with Gasteiger partial charge in [0.25, 0.3) is 0 Å². The maximum atomic E-state index is 3.17. The molecule has 0 fully saturated rings. The molecule has 0 heteroatoms. The van der Waals surface area contributed by atoms with Gasteiger partial charge in [0.05, 0.1) is 0 Å². The Morgan fingerprint density at radius 3 is 1.31 bits per heavy atom. The van der Waals surface area contributed by atoms with E-state index in [0.29, 0.717) is 0 Å². The lowest BCUT2D eigenvalue weighted by Crippen LogP contribution is -1.71. The second-order valence-corrected chi connectivity index (χ2v) is 3.35. The van der Waals surface area contributed by atoms with Gasteiger partial charge in [0.2, 0.25) is 0 Å². The van der Waals surface area contributed by atoms with Crippen LogP contribution in [-0.4, -0.2) is 0 Å². The monoisotopic (exact) mass is 204 g/mol. The van der Waals surface area contributed by atoms with E-state index in [0.717, 1.165) is 11.1 Å². The second kappa shape index (κ2) is 5.72. The van der Waals surface area contributed by atoms with Crippen molar-refractivity contribution in [3.63, 3.8) is 0 Å². The maximum absolute atomic E-state index is 3.17. The summed E-state index contributed by atoms with van der Waals surface area (Å²) in [5, 5.41) is 0. The van der Waals surface area contributed by atoms with Crippen LogP contribution in [-0.2, 0) is 0 Å². The van der Waals surface area contributed by atoms with Crippen LogP contribution < -0.4 is 0 Å². The summed E-state index contributed by atoms with van der Waals surface area (Å²) in [6.45, 7) is 0. The minimum absolute atomic E-state index is 1.08. The van der Waals surface area contributed by atoms with E-state index in [-0.39, 0.29) is 0 Å². The fraction of sp³-hybridized carbons (Fsp3) is 0. The van der Waals surface area contributed by atoms with Gasteiger partial charge in [-0.25, -0.2) is 0 Å². The molecule has 0 aromatic heterocycles. The third-order valence-corrected chi connectivity index (χ3v) is 2.13. The van der Waals surface area contributed by atoms with Crippen molar-refractivity contribution in [1.82, 2.24) is 0 Å². The third-order valence-electron chi connectivity index (χ3n) is 2.13. The fourth-order valence-corrected chi connectivity index (χ4v) is 1.34. The van der Waals surface area contributed by atoms with Crippen LogP contribution in [0.5, 0.6) is 0 Å². The highest BCUT2D eigenvalue weighted by Gasteiger charge is 1.82. The van der Waals surface area contributed by atoms with Crippen molar-refractivity contribution in [3.8, 4) is 0 Å². The molecular formula is C16H12. The molecule has 2 radical (unpaired) electrons. The standard InChI is InChI=1S/C16H12/c1-3-9-15(10-4-1)13-7-8-14-16-11-5-2-6-12-16/h1-12H. The van der Waals surface area contributed by atoms with Crippen molar-refractivity contribution in [2.75, 3.05) is 0 Å². The summed E-state index contributed by atoms with van der Waals surface area (Å²) >= 11 is 0. The Hall–Kier alpha value is -2.08. The van der Waals surface area contributed by atoms with Crippen molar-refractivity contribution in [2.45, 2.75) is 0 Å². The SMILES string of the molecule is [C](=CC=[C]c1ccccc1)c1ccccc1. The Kier molecular flexibility index (Phi) is 3.73. The first-order valence-electron chi connectivity index (χ1n) is 5.23. The predicted molar refractivity (Wildman–Crippen MR) is 66.7 cm³/mol. The van der Waals surface area contributed by atoms with E-state index in [1.165, 1.54) is 0 Å². The summed E-state index contributed by atoms with van der Waals surface area (Å²) in [6, 6.07) is 20.1. The Balaban J connectivity index is 1.98. The van der Waals surface area contributed by atoms with Crippen molar-refractivity contribution in [2.24, 2.45) is 0 Å². The van der Waals surface area contributed by atoms with E-state index >= 15 is 0 Å². The highest BCUT2D eigenvalue weighted by Crippen LogP contribution is 2.00. The molecule has 0 amide bonds. The molecule has 0 atom stereocenters. The van der Waals surface area contributed by atoms with Gasteiger partial charge in [0.1, 0.15) is 0 Å². The lowest BCUT2D eigenvalue weighted by molar-refractivity contribution is 1.54. The van der Waals surface area contributed by atoms with E-state index in [1.54, 1.807) is 0 Å². The molecule has 0 aliphatic carbocycles. The van der Waals surface area contributed by atoms with Crippen LogP contribution in [0.25, 0.3) is 0 Å². The molecule has 0 aliphatic rings. The number of benzene rings is 2. The molecule has 0 spiro atoms. The minimum Gasteiger partial charge on any atom is -0.0622 e. The maximum Gasteiger partial charge on any atom is -0.0105 e. The van der Waals surface area contributed by atoms with Gasteiger partial charge in [-0.1, -0.05) is 72.8 Å². The minimum atomic E-state index is 1.08. The summed E-state index contributed by atoms with van der Waals surface area (Å²) in [5.41, 5.74) is 2.15. The first-order chi connectivity index (χ1) is 7.95. The van der Waals surface area contributed by atoms with Gasteiger partial charge >= 0.3 is 0 Å². The Bertz CT molecular complexity index is 416. The van der Waals surface area contributed by atoms with Gasteiger partial charge in [0.15, 0.2) is 0 Å². The highest BCUT2D eigenvalue weighted by atomic mass is 13.9. The molecular weight excluding hydrogens is 192 g/mol. The Morgan fingerprint density at radius 2 is 0.938 bits per heavy atom. The average Bonchev–Trinajstić information content (AvgIpc) is 2.37. The molecule has 2 aromatic rings. The zero-order valence-corrected chi connectivity index (χ0v) is 8.93. The van der Waals surface area contributed by atoms with Crippen molar-refractivity contribution < 1.29 is 0 Å². The summed E-state index contributed by atoms with van der Waals surface area (Å²) in [7, 11) is 0. The molecule has 2 rings (SSSR count). The van der Waals surface area contributed by atoms with Gasteiger partial charge in [-0.15, -0.1) is 0 Å². The largest absolute Gasteiger partial charge is 0.0622 e.